The van der Waals surface area contributed by atoms with E-state index in [4.69, 9.17) is 34.8 Å². The van der Waals surface area contributed by atoms with Crippen molar-refractivity contribution in [2.75, 3.05) is 5.32 Å². The molecule has 0 aliphatic rings. The van der Waals surface area contributed by atoms with E-state index in [1.807, 2.05) is 37.3 Å². The summed E-state index contributed by atoms with van der Waals surface area (Å²) >= 11 is 17.9. The van der Waals surface area contributed by atoms with Crippen molar-refractivity contribution in [1.29, 1.82) is 0 Å². The van der Waals surface area contributed by atoms with Gasteiger partial charge in [-0.15, -0.1) is 0 Å². The van der Waals surface area contributed by atoms with Gasteiger partial charge in [-0.3, -0.25) is 4.79 Å². The fourth-order valence-electron chi connectivity index (χ4n) is 1.79. The van der Waals surface area contributed by atoms with Gasteiger partial charge in [-0.25, -0.2) is 0 Å². The Morgan fingerprint density at radius 1 is 1.05 bits per heavy atom. The highest BCUT2D eigenvalue weighted by atomic mass is 35.5. The summed E-state index contributed by atoms with van der Waals surface area (Å²) < 4.78 is 0. The van der Waals surface area contributed by atoms with Gasteiger partial charge in [0.1, 0.15) is 0 Å². The van der Waals surface area contributed by atoms with Crippen LogP contribution >= 0.6 is 34.8 Å². The molecule has 1 N–H and O–H groups in total. The van der Waals surface area contributed by atoms with E-state index in [1.54, 1.807) is 0 Å². The highest BCUT2D eigenvalue weighted by Crippen LogP contribution is 2.34. The number of benzene rings is 2. The lowest BCUT2D eigenvalue weighted by Crippen LogP contribution is -2.19. The zero-order chi connectivity index (χ0) is 14.7. The Balaban J connectivity index is 2.20. The van der Waals surface area contributed by atoms with Crippen LogP contribution in [0.4, 0.5) is 5.69 Å². The molecule has 0 aliphatic heterocycles. The van der Waals surface area contributed by atoms with Gasteiger partial charge in [0.2, 0.25) is 5.91 Å². The van der Waals surface area contributed by atoms with Gasteiger partial charge in [-0.1, -0.05) is 65.1 Å². The predicted molar refractivity (Wildman–Crippen MR) is 85.0 cm³/mol. The lowest BCUT2D eigenvalue weighted by molar-refractivity contribution is -0.117. The van der Waals surface area contributed by atoms with Crippen LogP contribution in [0.25, 0.3) is 0 Å². The summed E-state index contributed by atoms with van der Waals surface area (Å²) in [6.45, 7) is 1.82. The Morgan fingerprint density at radius 3 is 2.15 bits per heavy atom. The second kappa shape index (κ2) is 6.49. The molecule has 0 heterocycles. The average molecular weight is 329 g/mol. The van der Waals surface area contributed by atoms with Gasteiger partial charge < -0.3 is 5.32 Å². The standard InChI is InChI=1S/C15H12Cl3NO/c1-9(10-5-3-2-4-6-10)15(20)19-14-12(17)7-11(16)8-13(14)18/h2-9H,1H3,(H,19,20). The summed E-state index contributed by atoms with van der Waals surface area (Å²) in [5.41, 5.74) is 1.30. The zero-order valence-electron chi connectivity index (χ0n) is 10.7. The molecule has 2 aromatic rings. The van der Waals surface area contributed by atoms with Gasteiger partial charge in [-0.2, -0.15) is 0 Å². The maximum atomic E-state index is 12.2. The maximum absolute atomic E-state index is 12.2. The highest BCUT2D eigenvalue weighted by Gasteiger charge is 2.18. The van der Waals surface area contributed by atoms with Crippen LogP contribution in [0.1, 0.15) is 18.4 Å². The molecule has 0 saturated heterocycles. The molecule has 0 bridgehead atoms. The van der Waals surface area contributed by atoms with Crippen LogP contribution in [0.3, 0.4) is 0 Å². The van der Waals surface area contributed by atoms with E-state index in [2.05, 4.69) is 5.32 Å². The Morgan fingerprint density at radius 2 is 1.60 bits per heavy atom. The van der Waals surface area contributed by atoms with E-state index < -0.39 is 0 Å². The summed E-state index contributed by atoms with van der Waals surface area (Å²) in [5.74, 6) is -0.485. The molecule has 0 spiro atoms. The average Bonchev–Trinajstić information content (AvgIpc) is 2.42. The highest BCUT2D eigenvalue weighted by molar-refractivity contribution is 6.42. The molecular formula is C15H12Cl3NO. The lowest BCUT2D eigenvalue weighted by atomic mass is 10.0. The molecule has 0 aliphatic carbocycles. The molecule has 0 aromatic heterocycles. The molecule has 0 fully saturated rings. The number of halogens is 3. The second-order valence-corrected chi connectivity index (χ2v) is 5.62. The number of carbonyl (C=O) groups is 1. The SMILES string of the molecule is CC(C(=O)Nc1c(Cl)cc(Cl)cc1Cl)c1ccccc1. The van der Waals surface area contributed by atoms with Crippen LogP contribution in [0.5, 0.6) is 0 Å². The van der Waals surface area contributed by atoms with Crippen LogP contribution in [0, 0.1) is 0 Å². The first-order chi connectivity index (χ1) is 9.49. The van der Waals surface area contributed by atoms with E-state index in [9.17, 15) is 4.79 Å². The van der Waals surface area contributed by atoms with E-state index >= 15 is 0 Å². The Kier molecular flexibility index (Phi) is 4.92. The fourth-order valence-corrected chi connectivity index (χ4v) is 2.70. The topological polar surface area (TPSA) is 29.1 Å². The van der Waals surface area contributed by atoms with Crippen LogP contribution in [-0.2, 0) is 4.79 Å². The van der Waals surface area contributed by atoms with E-state index in [0.717, 1.165) is 5.56 Å². The smallest absolute Gasteiger partial charge is 0.231 e. The molecule has 2 aromatic carbocycles. The molecule has 2 rings (SSSR count). The van der Waals surface area contributed by atoms with E-state index in [0.29, 0.717) is 20.8 Å². The Labute approximate surface area is 132 Å². The van der Waals surface area contributed by atoms with Crippen molar-refractivity contribution in [3.8, 4) is 0 Å². The molecule has 0 radical (unpaired) electrons. The number of anilines is 1. The first-order valence-corrected chi connectivity index (χ1v) is 7.13. The first-order valence-electron chi connectivity index (χ1n) is 5.99. The summed E-state index contributed by atoms with van der Waals surface area (Å²) in [4.78, 5) is 12.2. The van der Waals surface area contributed by atoms with E-state index in [1.165, 1.54) is 12.1 Å². The molecule has 1 amide bonds. The lowest BCUT2D eigenvalue weighted by Gasteiger charge is -2.14. The minimum absolute atomic E-state index is 0.178. The third kappa shape index (κ3) is 3.45. The molecule has 1 unspecified atom stereocenters. The minimum atomic E-state index is -0.306. The number of nitrogens with one attached hydrogen (secondary N) is 1. The quantitative estimate of drug-likeness (QED) is 0.804. The largest absolute Gasteiger partial charge is 0.323 e. The summed E-state index contributed by atoms with van der Waals surface area (Å²) in [6, 6.07) is 12.6. The minimum Gasteiger partial charge on any atom is -0.323 e. The van der Waals surface area contributed by atoms with Crippen molar-refractivity contribution in [2.45, 2.75) is 12.8 Å². The van der Waals surface area contributed by atoms with Crippen LogP contribution in [-0.4, -0.2) is 5.91 Å². The first kappa shape index (κ1) is 15.2. The van der Waals surface area contributed by atoms with Crippen molar-refractivity contribution >= 4 is 46.4 Å². The third-order valence-corrected chi connectivity index (χ3v) is 3.76. The summed E-state index contributed by atoms with van der Waals surface area (Å²) in [5, 5.41) is 3.80. The van der Waals surface area contributed by atoms with Crippen molar-refractivity contribution in [3.63, 3.8) is 0 Å². The van der Waals surface area contributed by atoms with Gasteiger partial charge in [0.05, 0.1) is 21.7 Å². The molecular weight excluding hydrogens is 317 g/mol. The van der Waals surface area contributed by atoms with Gasteiger partial charge in [0.15, 0.2) is 0 Å². The molecule has 0 saturated carbocycles. The van der Waals surface area contributed by atoms with Crippen LogP contribution in [0.15, 0.2) is 42.5 Å². The number of rotatable bonds is 3. The summed E-state index contributed by atoms with van der Waals surface area (Å²) in [7, 11) is 0. The van der Waals surface area contributed by atoms with Gasteiger partial charge in [0.25, 0.3) is 0 Å². The number of hydrogen-bond acceptors (Lipinski definition) is 1. The predicted octanol–water partition coefficient (Wildman–Crippen LogP) is 5.39. The van der Waals surface area contributed by atoms with Crippen LogP contribution < -0.4 is 5.32 Å². The Hall–Kier alpha value is -1.22. The molecule has 2 nitrogen and oxygen atoms in total. The monoisotopic (exact) mass is 327 g/mol. The number of carbonyl (C=O) groups excluding carboxylic acids is 1. The fraction of sp³-hybridized carbons (Fsp3) is 0.133. The molecule has 1 atom stereocenters. The van der Waals surface area contributed by atoms with Crippen molar-refractivity contribution in [2.24, 2.45) is 0 Å². The zero-order valence-corrected chi connectivity index (χ0v) is 12.9. The van der Waals surface area contributed by atoms with Crippen molar-refractivity contribution in [1.82, 2.24) is 0 Å². The van der Waals surface area contributed by atoms with Gasteiger partial charge >= 0.3 is 0 Å². The molecule has 20 heavy (non-hydrogen) atoms. The van der Waals surface area contributed by atoms with Gasteiger partial charge in [-0.05, 0) is 24.6 Å². The number of hydrogen-bond donors (Lipinski definition) is 1. The van der Waals surface area contributed by atoms with Crippen molar-refractivity contribution < 1.29 is 4.79 Å². The van der Waals surface area contributed by atoms with Crippen LogP contribution in [0.2, 0.25) is 15.1 Å². The Bertz CT molecular complexity index is 605. The normalized spacial score (nSPS) is 12.0. The van der Waals surface area contributed by atoms with Gasteiger partial charge in [0, 0.05) is 5.02 Å². The second-order valence-electron chi connectivity index (χ2n) is 4.37. The summed E-state index contributed by atoms with van der Waals surface area (Å²) in [6.07, 6.45) is 0. The van der Waals surface area contributed by atoms with E-state index in [-0.39, 0.29) is 11.8 Å². The molecule has 5 heteroatoms. The third-order valence-electron chi connectivity index (χ3n) is 2.95. The maximum Gasteiger partial charge on any atom is 0.231 e. The number of amides is 1. The van der Waals surface area contributed by atoms with Crippen molar-refractivity contribution in [3.05, 3.63) is 63.1 Å². The molecule has 104 valence electrons.